The van der Waals surface area contributed by atoms with E-state index < -0.39 is 21.7 Å². The minimum Gasteiger partial charge on any atom is -0.376 e. The Kier molecular flexibility index (Phi) is 5.58. The monoisotopic (exact) mass is 483 g/mol. The maximum absolute atomic E-state index is 13.2. The van der Waals surface area contributed by atoms with Crippen LogP contribution in [0, 0.1) is 0 Å². The van der Waals surface area contributed by atoms with Crippen LogP contribution in [0.1, 0.15) is 34.3 Å². The molecule has 0 spiro atoms. The van der Waals surface area contributed by atoms with Crippen molar-refractivity contribution in [1.29, 1.82) is 0 Å². The van der Waals surface area contributed by atoms with Gasteiger partial charge in [0.25, 0.3) is 0 Å². The number of benzene rings is 4. The molecule has 1 N–H and O–H groups in total. The lowest BCUT2D eigenvalue weighted by atomic mass is 9.83. The Balaban J connectivity index is 1.72. The molecule has 1 heterocycles. The third-order valence-electron chi connectivity index (χ3n) is 6.06. The van der Waals surface area contributed by atoms with Gasteiger partial charge < -0.3 is 4.18 Å². The van der Waals surface area contributed by atoms with Crippen molar-refractivity contribution >= 4 is 20.9 Å². The van der Waals surface area contributed by atoms with Crippen LogP contribution >= 0.6 is 0 Å². The lowest BCUT2D eigenvalue weighted by Crippen LogP contribution is -2.35. The largest absolute Gasteiger partial charge is 0.534 e. The molecule has 8 heteroatoms. The van der Waals surface area contributed by atoms with Gasteiger partial charge in [-0.05, 0) is 39.9 Å². The van der Waals surface area contributed by atoms with E-state index in [0.717, 1.165) is 22.1 Å². The second-order valence-electron chi connectivity index (χ2n) is 8.15. The van der Waals surface area contributed by atoms with Gasteiger partial charge in [-0.15, -0.1) is 0 Å². The zero-order valence-electron chi connectivity index (χ0n) is 17.8. The molecule has 34 heavy (non-hydrogen) atoms. The average molecular weight is 484 g/mol. The summed E-state index contributed by atoms with van der Waals surface area (Å²) >= 11 is 0. The molecular formula is C26H20F3NO3S. The highest BCUT2D eigenvalue weighted by molar-refractivity contribution is 7.88. The first-order valence-corrected chi connectivity index (χ1v) is 12.1. The molecule has 4 nitrogen and oxygen atoms in total. The van der Waals surface area contributed by atoms with Crippen molar-refractivity contribution in [1.82, 2.24) is 5.32 Å². The van der Waals surface area contributed by atoms with Crippen molar-refractivity contribution < 1.29 is 25.8 Å². The Morgan fingerprint density at radius 1 is 0.824 bits per heavy atom. The molecule has 0 saturated heterocycles. The Labute approximate surface area is 195 Å². The zero-order chi connectivity index (χ0) is 23.9. The van der Waals surface area contributed by atoms with E-state index in [1.165, 1.54) is 6.07 Å². The summed E-state index contributed by atoms with van der Waals surface area (Å²) < 4.78 is 68.2. The topological polar surface area (TPSA) is 55.4 Å². The highest BCUT2D eigenvalue weighted by Gasteiger charge is 2.49. The summed E-state index contributed by atoms with van der Waals surface area (Å²) in [6.07, 6.45) is 0.679. The predicted octanol–water partition coefficient (Wildman–Crippen LogP) is 6.04. The van der Waals surface area contributed by atoms with Crippen LogP contribution in [0.5, 0.6) is 5.75 Å². The Morgan fingerprint density at radius 3 is 2.26 bits per heavy atom. The number of hydrogen-bond acceptors (Lipinski definition) is 4. The molecule has 0 fully saturated rings. The lowest BCUT2D eigenvalue weighted by Gasteiger charge is -2.35. The van der Waals surface area contributed by atoms with Crippen LogP contribution in [0.25, 0.3) is 10.8 Å². The van der Waals surface area contributed by atoms with Crippen LogP contribution in [-0.2, 0) is 16.5 Å². The van der Waals surface area contributed by atoms with Crippen molar-refractivity contribution in [3.63, 3.8) is 0 Å². The number of halogens is 3. The molecule has 5 rings (SSSR count). The van der Waals surface area contributed by atoms with Crippen LogP contribution < -0.4 is 9.50 Å². The van der Waals surface area contributed by atoms with E-state index in [9.17, 15) is 21.6 Å². The Morgan fingerprint density at radius 2 is 1.50 bits per heavy atom. The van der Waals surface area contributed by atoms with Crippen molar-refractivity contribution in [3.05, 3.63) is 113 Å². The number of fused-ring (bicyclic) bond motifs is 2. The van der Waals surface area contributed by atoms with Gasteiger partial charge in [0.15, 0.2) is 0 Å². The average Bonchev–Trinajstić information content (AvgIpc) is 2.83. The van der Waals surface area contributed by atoms with Gasteiger partial charge in [-0.2, -0.15) is 21.6 Å². The smallest absolute Gasteiger partial charge is 0.376 e. The second kappa shape index (κ2) is 8.45. The fourth-order valence-electron chi connectivity index (χ4n) is 4.52. The Hall–Kier alpha value is -3.36. The third kappa shape index (κ3) is 4.03. The van der Waals surface area contributed by atoms with Crippen LogP contribution in [0.2, 0.25) is 0 Å². The van der Waals surface area contributed by atoms with Gasteiger partial charge in [0, 0.05) is 11.6 Å². The molecule has 0 bridgehead atoms. The first-order valence-electron chi connectivity index (χ1n) is 10.7. The summed E-state index contributed by atoms with van der Waals surface area (Å²) in [7, 11) is -5.85. The molecule has 1 aliphatic heterocycles. The molecule has 2 atom stereocenters. The van der Waals surface area contributed by atoms with Crippen LogP contribution in [0.15, 0.2) is 91.0 Å². The zero-order valence-corrected chi connectivity index (χ0v) is 18.6. The standard InChI is InChI=1S/C26H20F3NO3S/c27-26(28,29)34(31,32)33-23-15-14-17-8-4-6-12-20(17)24(23)25-21-13-7-5-11-19(21)16-22(30-25)18-9-2-1-3-10-18/h1-15,22,25,30H,16H2/t22-,25?/m1/s1. The number of alkyl halides is 3. The summed E-state index contributed by atoms with van der Waals surface area (Å²) in [5, 5.41) is 4.91. The van der Waals surface area contributed by atoms with Gasteiger partial charge in [0.2, 0.25) is 0 Å². The number of rotatable bonds is 4. The van der Waals surface area contributed by atoms with Crippen molar-refractivity contribution in [2.45, 2.75) is 24.0 Å². The highest BCUT2D eigenvalue weighted by atomic mass is 32.2. The lowest BCUT2D eigenvalue weighted by molar-refractivity contribution is -0.0500. The van der Waals surface area contributed by atoms with E-state index >= 15 is 0 Å². The number of nitrogens with one attached hydrogen (secondary N) is 1. The van der Waals surface area contributed by atoms with Crippen LogP contribution in [0.4, 0.5) is 13.2 Å². The maximum atomic E-state index is 13.2. The first-order chi connectivity index (χ1) is 16.2. The SMILES string of the molecule is O=S(=O)(Oc1ccc2ccccc2c1C1N[C@@H](c2ccccc2)Cc2ccccc21)C(F)(F)F. The van der Waals surface area contributed by atoms with Crippen LogP contribution in [-0.4, -0.2) is 13.9 Å². The predicted molar refractivity (Wildman–Crippen MR) is 124 cm³/mol. The molecule has 1 unspecified atom stereocenters. The maximum Gasteiger partial charge on any atom is 0.534 e. The van der Waals surface area contributed by atoms with Gasteiger partial charge in [-0.25, -0.2) is 0 Å². The molecule has 174 valence electrons. The van der Waals surface area contributed by atoms with Gasteiger partial charge in [-0.3, -0.25) is 5.32 Å². The summed E-state index contributed by atoms with van der Waals surface area (Å²) in [5.41, 5.74) is -2.29. The van der Waals surface area contributed by atoms with Crippen LogP contribution in [0.3, 0.4) is 0 Å². The van der Waals surface area contributed by atoms with Gasteiger partial charge in [0.05, 0.1) is 6.04 Å². The minimum absolute atomic E-state index is 0.132. The second-order valence-corrected chi connectivity index (χ2v) is 9.69. The fraction of sp³-hybridized carbons (Fsp3) is 0.154. The van der Waals surface area contributed by atoms with E-state index in [1.807, 2.05) is 66.7 Å². The first kappa shape index (κ1) is 22.4. The van der Waals surface area contributed by atoms with Crippen molar-refractivity contribution in [2.24, 2.45) is 0 Å². The molecule has 0 amide bonds. The molecule has 0 aromatic heterocycles. The van der Waals surface area contributed by atoms with Crippen molar-refractivity contribution in [2.75, 3.05) is 0 Å². The molecule has 1 aliphatic rings. The Bertz CT molecular complexity index is 1450. The van der Waals surface area contributed by atoms with E-state index in [1.54, 1.807) is 18.2 Å². The molecule has 0 radical (unpaired) electrons. The van der Waals surface area contributed by atoms with E-state index in [0.29, 0.717) is 17.4 Å². The summed E-state index contributed by atoms with van der Waals surface area (Å²) in [6.45, 7) is 0. The number of hydrogen-bond donors (Lipinski definition) is 1. The molecule has 4 aromatic carbocycles. The van der Waals surface area contributed by atoms with Gasteiger partial charge in [0.1, 0.15) is 5.75 Å². The molecule has 0 saturated carbocycles. The summed E-state index contributed by atoms with van der Waals surface area (Å²) in [4.78, 5) is 0. The van der Waals surface area contributed by atoms with Gasteiger partial charge in [-0.1, -0.05) is 84.9 Å². The summed E-state index contributed by atoms with van der Waals surface area (Å²) in [6, 6.07) is 26.7. The van der Waals surface area contributed by atoms with Crippen molar-refractivity contribution in [3.8, 4) is 5.75 Å². The van der Waals surface area contributed by atoms with Gasteiger partial charge >= 0.3 is 15.6 Å². The molecule has 4 aromatic rings. The van der Waals surface area contributed by atoms with E-state index in [4.69, 9.17) is 4.18 Å². The minimum atomic E-state index is -5.85. The normalized spacial score (nSPS) is 18.4. The third-order valence-corrected chi connectivity index (χ3v) is 7.03. The fourth-order valence-corrected chi connectivity index (χ4v) is 5.00. The van der Waals surface area contributed by atoms with E-state index in [-0.39, 0.29) is 11.8 Å². The van der Waals surface area contributed by atoms with E-state index in [2.05, 4.69) is 5.32 Å². The molecular weight excluding hydrogens is 463 g/mol. The highest BCUT2D eigenvalue weighted by Crippen LogP contribution is 2.43. The molecule has 0 aliphatic carbocycles. The summed E-state index contributed by atoms with van der Waals surface area (Å²) in [5.74, 6) is -0.350. The quantitative estimate of drug-likeness (QED) is 0.284.